The van der Waals surface area contributed by atoms with Gasteiger partial charge in [0.25, 0.3) is 0 Å². The Morgan fingerprint density at radius 2 is 1.60 bits per heavy atom. The van der Waals surface area contributed by atoms with E-state index in [2.05, 4.69) is 47.4 Å². The van der Waals surface area contributed by atoms with E-state index in [9.17, 15) is 14.4 Å². The van der Waals surface area contributed by atoms with Crippen molar-refractivity contribution in [3.63, 3.8) is 0 Å². The summed E-state index contributed by atoms with van der Waals surface area (Å²) in [5.41, 5.74) is 0. The number of alkyl carbamates (subject to hydrolysis) is 2. The van der Waals surface area contributed by atoms with Gasteiger partial charge in [-0.3, -0.25) is 4.79 Å². The number of halogens is 1. The molecule has 0 spiro atoms. The van der Waals surface area contributed by atoms with Crippen molar-refractivity contribution < 1.29 is 28.6 Å². The Bertz CT molecular complexity index is 397. The Kier molecular flexibility index (Phi) is 15.0. The highest BCUT2D eigenvalue weighted by atomic mass is 127. The molecule has 0 aromatic rings. The highest BCUT2D eigenvalue weighted by Crippen LogP contribution is 2.02. The molecule has 25 heavy (non-hydrogen) atoms. The van der Waals surface area contributed by atoms with Gasteiger partial charge in [-0.15, -0.1) is 31.5 Å². The van der Waals surface area contributed by atoms with Crippen LogP contribution in [0.4, 0.5) is 9.59 Å². The zero-order chi connectivity index (χ0) is 19.1. The van der Waals surface area contributed by atoms with E-state index < -0.39 is 18.3 Å². The highest BCUT2D eigenvalue weighted by molar-refractivity contribution is 14.1. The summed E-state index contributed by atoms with van der Waals surface area (Å²) < 4.78 is 15.5. The molecule has 1 atom stereocenters. The van der Waals surface area contributed by atoms with E-state index in [-0.39, 0.29) is 30.2 Å². The van der Waals surface area contributed by atoms with Crippen molar-refractivity contribution in [2.45, 2.75) is 32.8 Å². The van der Waals surface area contributed by atoms with E-state index in [0.29, 0.717) is 25.9 Å². The minimum Gasteiger partial charge on any atom is -0.447 e. The zero-order valence-corrected chi connectivity index (χ0v) is 17.8. The van der Waals surface area contributed by atoms with E-state index in [1.54, 1.807) is 13.8 Å². The zero-order valence-electron chi connectivity index (χ0n) is 14.5. The second-order valence-electron chi connectivity index (χ2n) is 4.82. The summed E-state index contributed by atoms with van der Waals surface area (Å²) in [6.45, 7) is 4.60. The molecule has 0 fully saturated rings. The third-order valence-electron chi connectivity index (χ3n) is 2.64. The number of ether oxygens (including phenoxy) is 3. The Morgan fingerprint density at radius 1 is 1.08 bits per heavy atom. The highest BCUT2D eigenvalue weighted by Gasteiger charge is 2.16. The summed E-state index contributed by atoms with van der Waals surface area (Å²) in [5, 5.41) is 7.73. The molecule has 3 amide bonds. The molecule has 0 saturated heterocycles. The number of hydrogen-bond acceptors (Lipinski definition) is 6. The average Bonchev–Trinajstić information content (AvgIpc) is 2.53. The van der Waals surface area contributed by atoms with Crippen molar-refractivity contribution >= 4 is 54.0 Å². The average molecular weight is 489 g/mol. The first-order valence-corrected chi connectivity index (χ1v) is 9.92. The predicted octanol–water partition coefficient (Wildman–Crippen LogP) is 1.06. The molecule has 0 heterocycles. The van der Waals surface area contributed by atoms with Crippen LogP contribution in [0.15, 0.2) is 0 Å². The van der Waals surface area contributed by atoms with Crippen molar-refractivity contribution in [2.24, 2.45) is 0 Å². The van der Waals surface area contributed by atoms with Gasteiger partial charge in [-0.05, 0) is 20.3 Å². The molecule has 0 saturated carbocycles. The Morgan fingerprint density at radius 3 is 2.04 bits per heavy atom. The third kappa shape index (κ3) is 15.2. The molecular formula is C13H26BIN3O6P. The summed E-state index contributed by atoms with van der Waals surface area (Å²) in [6.07, 6.45) is -0.926. The summed E-state index contributed by atoms with van der Waals surface area (Å²) in [6, 6.07) is 0. The maximum atomic E-state index is 11.5. The van der Waals surface area contributed by atoms with Gasteiger partial charge in [-0.2, -0.15) is 0 Å². The monoisotopic (exact) mass is 489 g/mol. The van der Waals surface area contributed by atoms with Crippen molar-refractivity contribution in [3.8, 4) is 0 Å². The van der Waals surface area contributed by atoms with E-state index in [4.69, 9.17) is 14.2 Å². The van der Waals surface area contributed by atoms with Gasteiger partial charge in [0.05, 0.1) is 0 Å². The summed E-state index contributed by atoms with van der Waals surface area (Å²) in [7, 11) is 2.47. The molecule has 0 aliphatic heterocycles. The first-order chi connectivity index (χ1) is 11.9. The van der Waals surface area contributed by atoms with Crippen LogP contribution in [0.3, 0.4) is 0 Å². The normalized spacial score (nSPS) is 10.1. The molecule has 0 bridgehead atoms. The summed E-state index contributed by atoms with van der Waals surface area (Å²) >= 11 is 2.07. The Hall–Kier alpha value is -0.805. The summed E-state index contributed by atoms with van der Waals surface area (Å²) in [5.74, 6) is -0.0771. The molecule has 0 aromatic heterocycles. The van der Waals surface area contributed by atoms with Crippen LogP contribution in [0, 0.1) is 0 Å². The molecule has 9 nitrogen and oxygen atoms in total. The van der Waals surface area contributed by atoms with E-state index in [1.807, 2.05) is 0 Å². The van der Waals surface area contributed by atoms with Crippen LogP contribution in [-0.4, -0.2) is 61.5 Å². The fourth-order valence-corrected chi connectivity index (χ4v) is 2.11. The first kappa shape index (κ1) is 24.2. The van der Waals surface area contributed by atoms with E-state index in [0.717, 1.165) is 0 Å². The minimum atomic E-state index is -0.604. The molecule has 0 aliphatic carbocycles. The third-order valence-corrected chi connectivity index (χ3v) is 3.12. The van der Waals surface area contributed by atoms with Gasteiger partial charge < -0.3 is 30.1 Å². The van der Waals surface area contributed by atoms with Gasteiger partial charge in [0, 0.05) is 26.1 Å². The van der Waals surface area contributed by atoms with Gasteiger partial charge in [-0.1, -0.05) is 0 Å². The molecule has 144 valence electrons. The maximum Gasteiger partial charge on any atom is 0.407 e. The lowest BCUT2D eigenvalue weighted by molar-refractivity contribution is -0.120. The lowest BCUT2D eigenvalue weighted by Crippen LogP contribution is -2.34. The predicted molar refractivity (Wildman–Crippen MR) is 107 cm³/mol. The quantitative estimate of drug-likeness (QED) is 0.164. The van der Waals surface area contributed by atoms with Gasteiger partial charge in [0.1, 0.15) is 19.3 Å². The summed E-state index contributed by atoms with van der Waals surface area (Å²) in [4.78, 5) is 34.2. The molecule has 0 aliphatic rings. The lowest BCUT2D eigenvalue weighted by Gasteiger charge is -2.18. The number of rotatable bonds is 12. The van der Waals surface area contributed by atoms with Crippen molar-refractivity contribution in [1.29, 1.82) is 0 Å². The van der Waals surface area contributed by atoms with Gasteiger partial charge >= 0.3 is 16.6 Å². The fourth-order valence-electron chi connectivity index (χ4n) is 1.58. The van der Waals surface area contributed by atoms with Gasteiger partial charge in [-0.25, -0.2) is 9.59 Å². The Balaban J connectivity index is 4.20. The van der Waals surface area contributed by atoms with Crippen molar-refractivity contribution in [1.82, 2.24) is 15.9 Å². The Labute approximate surface area is 164 Å². The largest absolute Gasteiger partial charge is 0.447 e. The standard InChI is InChI=1S/C13H26BIN3O6P/c1-3-16-12(20)23-8-10(9-24-13(21)17-4-2)22-7-5-6-11(19)18-14(15)25/h10H,3-9,25H2,1-2H3,(H,16,20)(H,17,21)(H,18,19). The van der Waals surface area contributed by atoms with Gasteiger partial charge in [0.15, 0.2) is 0 Å². The SMILES string of the molecule is CCNC(=O)OCC(COC(=O)NCC)OCCCC(=O)NB(P)I. The topological polar surface area (TPSA) is 115 Å². The van der Waals surface area contributed by atoms with Crippen LogP contribution >= 0.6 is 31.5 Å². The molecule has 0 rings (SSSR count). The smallest absolute Gasteiger partial charge is 0.407 e. The molecule has 3 N–H and O–H groups in total. The van der Waals surface area contributed by atoms with E-state index in [1.165, 1.54) is 0 Å². The number of carbonyl (C=O) groups excluding carboxylic acids is 3. The first-order valence-electron chi connectivity index (χ1n) is 8.00. The molecule has 1 unspecified atom stereocenters. The van der Waals surface area contributed by atoms with Crippen LogP contribution < -0.4 is 15.9 Å². The second-order valence-corrected chi connectivity index (χ2v) is 8.19. The van der Waals surface area contributed by atoms with Crippen LogP contribution in [0.1, 0.15) is 26.7 Å². The van der Waals surface area contributed by atoms with Crippen LogP contribution in [0.5, 0.6) is 0 Å². The number of nitrogens with one attached hydrogen (secondary N) is 3. The maximum absolute atomic E-state index is 11.5. The number of hydrogen-bond donors (Lipinski definition) is 3. The van der Waals surface area contributed by atoms with Crippen LogP contribution in [-0.2, 0) is 19.0 Å². The fraction of sp³-hybridized carbons (Fsp3) is 0.769. The lowest BCUT2D eigenvalue weighted by atomic mass is 10.2. The number of amides is 3. The molecule has 12 heteroatoms. The van der Waals surface area contributed by atoms with Gasteiger partial charge in [0.2, 0.25) is 5.91 Å². The van der Waals surface area contributed by atoms with Crippen molar-refractivity contribution in [2.75, 3.05) is 32.9 Å². The van der Waals surface area contributed by atoms with Crippen LogP contribution in [0.2, 0.25) is 0 Å². The molecular weight excluding hydrogens is 463 g/mol. The molecule has 0 radical (unpaired) electrons. The second kappa shape index (κ2) is 15.4. The van der Waals surface area contributed by atoms with Crippen molar-refractivity contribution in [3.05, 3.63) is 0 Å². The van der Waals surface area contributed by atoms with Crippen LogP contribution in [0.25, 0.3) is 0 Å². The van der Waals surface area contributed by atoms with E-state index >= 15 is 0 Å². The molecule has 0 aromatic carbocycles. The number of carbonyl (C=O) groups is 3. The minimum absolute atomic E-state index is 0.0188.